The summed E-state index contributed by atoms with van der Waals surface area (Å²) < 4.78 is 15.9. The Morgan fingerprint density at radius 3 is 2.75 bits per heavy atom. The van der Waals surface area contributed by atoms with Crippen LogP contribution in [0, 0.1) is 19.7 Å². The number of aryl methyl sites for hydroxylation is 1. The normalized spacial score (nSPS) is 11.4. The van der Waals surface area contributed by atoms with Gasteiger partial charge in [0.1, 0.15) is 18.0 Å². The summed E-state index contributed by atoms with van der Waals surface area (Å²) in [5, 5.41) is 7.53. The standard InChI is InChI=1S/C17H21FN6/c1-11-12(2)22-17-20-10-21-24(17)16(11)19-8-13-5-6-14(9-23(3)4)15(18)7-13/h5-7,10,19H,8-9H2,1-4H3. The number of nitrogens with one attached hydrogen (secondary N) is 1. The Morgan fingerprint density at radius 2 is 2.04 bits per heavy atom. The van der Waals surface area contributed by atoms with Gasteiger partial charge in [-0.05, 0) is 39.6 Å². The molecule has 0 fully saturated rings. The minimum Gasteiger partial charge on any atom is -0.366 e. The molecule has 3 rings (SSSR count). The fourth-order valence-electron chi connectivity index (χ4n) is 2.60. The molecule has 0 radical (unpaired) electrons. The largest absolute Gasteiger partial charge is 0.366 e. The van der Waals surface area contributed by atoms with Crippen LogP contribution in [0.4, 0.5) is 10.2 Å². The average molecular weight is 328 g/mol. The van der Waals surface area contributed by atoms with Crippen LogP contribution in [0.25, 0.3) is 5.78 Å². The number of benzene rings is 1. The lowest BCUT2D eigenvalue weighted by atomic mass is 10.1. The fraction of sp³-hybridized carbons (Fsp3) is 0.353. The van der Waals surface area contributed by atoms with Crippen LogP contribution in [0.2, 0.25) is 0 Å². The van der Waals surface area contributed by atoms with Crippen molar-refractivity contribution >= 4 is 11.6 Å². The molecule has 0 saturated carbocycles. The summed E-state index contributed by atoms with van der Waals surface area (Å²) in [7, 11) is 3.85. The van der Waals surface area contributed by atoms with Crippen molar-refractivity contribution in [1.29, 1.82) is 0 Å². The van der Waals surface area contributed by atoms with Crippen LogP contribution in [-0.4, -0.2) is 38.6 Å². The molecular weight excluding hydrogens is 307 g/mol. The molecule has 1 N–H and O–H groups in total. The molecule has 0 spiro atoms. The van der Waals surface area contributed by atoms with Gasteiger partial charge in [-0.1, -0.05) is 12.1 Å². The van der Waals surface area contributed by atoms with Gasteiger partial charge >= 0.3 is 0 Å². The summed E-state index contributed by atoms with van der Waals surface area (Å²) in [4.78, 5) is 10.5. The molecule has 0 aliphatic heterocycles. The number of aromatic nitrogens is 4. The number of nitrogens with zero attached hydrogens (tertiary/aromatic N) is 5. The smallest absolute Gasteiger partial charge is 0.254 e. The molecule has 126 valence electrons. The van der Waals surface area contributed by atoms with E-state index in [2.05, 4.69) is 20.4 Å². The van der Waals surface area contributed by atoms with Gasteiger partial charge in [-0.2, -0.15) is 14.6 Å². The molecule has 0 saturated heterocycles. The topological polar surface area (TPSA) is 58.4 Å². The second-order valence-electron chi connectivity index (χ2n) is 6.16. The third kappa shape index (κ3) is 3.21. The minimum absolute atomic E-state index is 0.184. The Morgan fingerprint density at radius 1 is 1.25 bits per heavy atom. The average Bonchev–Trinajstić information content (AvgIpc) is 2.97. The highest BCUT2D eigenvalue weighted by atomic mass is 19.1. The van der Waals surface area contributed by atoms with E-state index in [0.717, 1.165) is 22.6 Å². The summed E-state index contributed by atoms with van der Waals surface area (Å²) in [6, 6.07) is 5.35. The van der Waals surface area contributed by atoms with Crippen molar-refractivity contribution < 1.29 is 4.39 Å². The first-order valence-electron chi connectivity index (χ1n) is 7.78. The van der Waals surface area contributed by atoms with Crippen molar-refractivity contribution in [2.45, 2.75) is 26.9 Å². The number of fused-ring (bicyclic) bond motifs is 1. The quantitative estimate of drug-likeness (QED) is 0.780. The second-order valence-corrected chi connectivity index (χ2v) is 6.16. The third-order valence-corrected chi connectivity index (χ3v) is 3.97. The molecule has 0 bridgehead atoms. The van der Waals surface area contributed by atoms with E-state index in [0.29, 0.717) is 24.4 Å². The molecule has 1 aromatic carbocycles. The Labute approximate surface area is 140 Å². The minimum atomic E-state index is -0.184. The third-order valence-electron chi connectivity index (χ3n) is 3.97. The van der Waals surface area contributed by atoms with Gasteiger partial charge in [0.25, 0.3) is 5.78 Å². The number of rotatable bonds is 5. The van der Waals surface area contributed by atoms with Gasteiger partial charge in [-0.3, -0.25) is 0 Å². The lowest BCUT2D eigenvalue weighted by Crippen LogP contribution is -2.13. The molecule has 0 aliphatic carbocycles. The van der Waals surface area contributed by atoms with Crippen LogP contribution in [0.3, 0.4) is 0 Å². The van der Waals surface area contributed by atoms with E-state index in [-0.39, 0.29) is 5.82 Å². The zero-order valence-electron chi connectivity index (χ0n) is 14.3. The highest BCUT2D eigenvalue weighted by Crippen LogP contribution is 2.19. The second kappa shape index (κ2) is 6.52. The van der Waals surface area contributed by atoms with Crippen molar-refractivity contribution in [3.63, 3.8) is 0 Å². The van der Waals surface area contributed by atoms with E-state index < -0.39 is 0 Å². The molecule has 0 atom stereocenters. The first-order valence-corrected chi connectivity index (χ1v) is 7.78. The molecule has 24 heavy (non-hydrogen) atoms. The predicted molar refractivity (Wildman–Crippen MR) is 91.4 cm³/mol. The van der Waals surface area contributed by atoms with E-state index in [1.807, 2.05) is 45.0 Å². The van der Waals surface area contributed by atoms with Gasteiger partial charge in [0.05, 0.1) is 0 Å². The lowest BCUT2D eigenvalue weighted by Gasteiger charge is -2.14. The molecule has 0 amide bonds. The van der Waals surface area contributed by atoms with Gasteiger partial charge in [0.2, 0.25) is 0 Å². The molecule has 0 unspecified atom stereocenters. The summed E-state index contributed by atoms with van der Waals surface area (Å²) in [6.07, 6.45) is 1.47. The van der Waals surface area contributed by atoms with Crippen LogP contribution in [0.15, 0.2) is 24.5 Å². The van der Waals surface area contributed by atoms with Crippen LogP contribution >= 0.6 is 0 Å². The van der Waals surface area contributed by atoms with E-state index in [9.17, 15) is 4.39 Å². The Hall–Kier alpha value is -2.54. The molecular formula is C17H21FN6. The zero-order valence-corrected chi connectivity index (χ0v) is 14.3. The molecule has 2 aromatic heterocycles. The SMILES string of the molecule is Cc1nc2ncnn2c(NCc2ccc(CN(C)C)c(F)c2)c1C. The van der Waals surface area contributed by atoms with Crippen LogP contribution in [0.5, 0.6) is 0 Å². The number of anilines is 1. The fourth-order valence-corrected chi connectivity index (χ4v) is 2.60. The van der Waals surface area contributed by atoms with Gasteiger partial charge in [0, 0.05) is 29.9 Å². The lowest BCUT2D eigenvalue weighted by molar-refractivity contribution is 0.392. The summed E-state index contributed by atoms with van der Waals surface area (Å²) in [6.45, 7) is 5.00. The predicted octanol–water partition coefficient (Wildman–Crippen LogP) is 2.55. The maximum Gasteiger partial charge on any atom is 0.254 e. The first kappa shape index (κ1) is 16.3. The molecule has 6 nitrogen and oxygen atoms in total. The zero-order chi connectivity index (χ0) is 17.3. The first-order chi connectivity index (χ1) is 11.5. The van der Waals surface area contributed by atoms with Crippen LogP contribution < -0.4 is 5.32 Å². The van der Waals surface area contributed by atoms with E-state index >= 15 is 0 Å². The Kier molecular flexibility index (Phi) is 4.44. The van der Waals surface area contributed by atoms with Crippen molar-refractivity contribution in [3.05, 3.63) is 52.7 Å². The van der Waals surface area contributed by atoms with Crippen molar-refractivity contribution in [2.24, 2.45) is 0 Å². The van der Waals surface area contributed by atoms with Crippen molar-refractivity contribution in [2.75, 3.05) is 19.4 Å². The summed E-state index contributed by atoms with van der Waals surface area (Å²) in [5.74, 6) is 1.19. The van der Waals surface area contributed by atoms with Gasteiger partial charge in [0.15, 0.2) is 0 Å². The van der Waals surface area contributed by atoms with Crippen molar-refractivity contribution in [3.8, 4) is 0 Å². The maximum atomic E-state index is 14.2. The molecule has 0 aliphatic rings. The van der Waals surface area contributed by atoms with Gasteiger partial charge in [-0.25, -0.2) is 9.37 Å². The molecule has 3 aromatic rings. The van der Waals surface area contributed by atoms with Crippen molar-refractivity contribution in [1.82, 2.24) is 24.5 Å². The van der Waals surface area contributed by atoms with E-state index in [4.69, 9.17) is 0 Å². The molecule has 7 heteroatoms. The monoisotopic (exact) mass is 328 g/mol. The maximum absolute atomic E-state index is 14.2. The Balaban J connectivity index is 1.83. The molecule has 2 heterocycles. The number of halogens is 1. The summed E-state index contributed by atoms with van der Waals surface area (Å²) >= 11 is 0. The van der Waals surface area contributed by atoms with E-state index in [1.165, 1.54) is 6.33 Å². The van der Waals surface area contributed by atoms with Gasteiger partial charge < -0.3 is 10.2 Å². The van der Waals surface area contributed by atoms with Crippen LogP contribution in [-0.2, 0) is 13.1 Å². The highest BCUT2D eigenvalue weighted by Gasteiger charge is 2.11. The van der Waals surface area contributed by atoms with Gasteiger partial charge in [-0.15, -0.1) is 0 Å². The highest BCUT2D eigenvalue weighted by molar-refractivity contribution is 5.52. The van der Waals surface area contributed by atoms with E-state index in [1.54, 1.807) is 10.6 Å². The van der Waals surface area contributed by atoms with Crippen LogP contribution in [0.1, 0.15) is 22.4 Å². The number of hydrogen-bond acceptors (Lipinski definition) is 5. The Bertz CT molecular complexity index is 871. The summed E-state index contributed by atoms with van der Waals surface area (Å²) in [5.41, 5.74) is 3.46. The number of hydrogen-bond donors (Lipinski definition) is 1.